The highest BCUT2D eigenvalue weighted by Gasteiger charge is 2.05. The summed E-state index contributed by atoms with van der Waals surface area (Å²) in [5.74, 6) is 0. The smallest absolute Gasteiger partial charge is 0.104 e. The van der Waals surface area contributed by atoms with Crippen LogP contribution in [0.4, 0.5) is 0 Å². The van der Waals surface area contributed by atoms with Crippen LogP contribution < -0.4 is 5.43 Å². The number of nitrogens with zero attached hydrogens (tertiary/aromatic N) is 2. The van der Waals surface area contributed by atoms with Crippen LogP contribution in [-0.4, -0.2) is 30.2 Å². The fourth-order valence-electron chi connectivity index (χ4n) is 0.887. The minimum atomic E-state index is 0. The second-order valence-corrected chi connectivity index (χ2v) is 2.57. The third-order valence-electron chi connectivity index (χ3n) is 1.44. The molecule has 1 aliphatic rings. The highest BCUT2D eigenvalue weighted by Crippen LogP contribution is 1.98. The zero-order chi connectivity index (χ0) is 7.40. The molecule has 0 saturated carbocycles. The maximum Gasteiger partial charge on any atom is 0.104 e. The summed E-state index contributed by atoms with van der Waals surface area (Å²) in [6.45, 7) is 4.18. The molecule has 0 radical (unpaired) electrons. The van der Waals surface area contributed by atoms with E-state index in [4.69, 9.17) is 0 Å². The number of hydrogen-bond acceptors (Lipinski definition) is 3. The second-order valence-electron chi connectivity index (χ2n) is 2.57. The van der Waals surface area contributed by atoms with Crippen molar-refractivity contribution in [3.63, 3.8) is 0 Å². The van der Waals surface area contributed by atoms with Gasteiger partial charge in [-0.3, -0.25) is 5.01 Å². The van der Waals surface area contributed by atoms with Crippen LogP contribution in [-0.2, 0) is 0 Å². The fraction of sp³-hybridized carbons (Fsp3) is 0.714. The van der Waals surface area contributed by atoms with Gasteiger partial charge in [0.2, 0.25) is 0 Å². The monoisotopic (exact) mass is 177 g/mol. The summed E-state index contributed by atoms with van der Waals surface area (Å²) < 4.78 is 0. The molecule has 3 nitrogen and oxygen atoms in total. The third-order valence-corrected chi connectivity index (χ3v) is 1.44. The number of halogens is 1. The maximum absolute atomic E-state index is 3.27. The summed E-state index contributed by atoms with van der Waals surface area (Å²) in [5, 5.41) is 2.09. The van der Waals surface area contributed by atoms with Crippen LogP contribution in [0.2, 0.25) is 0 Å². The normalized spacial score (nSPS) is 15.5. The van der Waals surface area contributed by atoms with Gasteiger partial charge in [0.1, 0.15) is 6.67 Å². The van der Waals surface area contributed by atoms with Crippen molar-refractivity contribution in [1.29, 1.82) is 0 Å². The summed E-state index contributed by atoms with van der Waals surface area (Å²) in [6.07, 6.45) is 5.28. The topological polar surface area (TPSA) is 18.5 Å². The molecule has 1 N–H and O–H groups in total. The van der Waals surface area contributed by atoms with E-state index in [0.29, 0.717) is 0 Å². The molecular weight excluding hydrogens is 162 g/mol. The van der Waals surface area contributed by atoms with Crippen LogP contribution in [0.15, 0.2) is 12.4 Å². The molecule has 0 saturated heterocycles. The Morgan fingerprint density at radius 3 is 2.64 bits per heavy atom. The van der Waals surface area contributed by atoms with E-state index in [2.05, 4.69) is 41.7 Å². The molecule has 0 aromatic heterocycles. The summed E-state index contributed by atoms with van der Waals surface area (Å²) in [6, 6.07) is 0. The van der Waals surface area contributed by atoms with E-state index in [1.807, 2.05) is 0 Å². The van der Waals surface area contributed by atoms with E-state index >= 15 is 0 Å². The first-order chi connectivity index (χ1) is 4.83. The van der Waals surface area contributed by atoms with E-state index < -0.39 is 0 Å². The van der Waals surface area contributed by atoms with Crippen LogP contribution in [0, 0.1) is 0 Å². The largest absolute Gasteiger partial charge is 0.360 e. The molecule has 4 heteroatoms. The Morgan fingerprint density at radius 1 is 1.45 bits per heavy atom. The van der Waals surface area contributed by atoms with Crippen molar-refractivity contribution in [2.45, 2.75) is 13.3 Å². The van der Waals surface area contributed by atoms with E-state index in [1.165, 1.54) is 6.42 Å². The summed E-state index contributed by atoms with van der Waals surface area (Å²) >= 11 is 0. The maximum atomic E-state index is 3.27. The molecule has 0 spiro atoms. The van der Waals surface area contributed by atoms with Crippen molar-refractivity contribution < 1.29 is 0 Å². The number of hydrazine groups is 1. The summed E-state index contributed by atoms with van der Waals surface area (Å²) in [5.41, 5.74) is 3.27. The molecule has 66 valence electrons. The van der Waals surface area contributed by atoms with Crippen LogP contribution >= 0.6 is 12.4 Å². The standard InChI is InChI=1S/C7H15N3.ClH/c1-3-4-8-10-6-5-9(2)7-10;/h5-6,8H,3-4,7H2,1-2H3;1H. The van der Waals surface area contributed by atoms with Crippen molar-refractivity contribution in [3.8, 4) is 0 Å². The number of nitrogens with one attached hydrogen (secondary N) is 1. The molecule has 1 heterocycles. The minimum absolute atomic E-state index is 0. The zero-order valence-corrected chi connectivity index (χ0v) is 7.90. The molecule has 0 aromatic rings. The Balaban J connectivity index is 0.000001000. The molecular formula is C7H16ClN3. The van der Waals surface area contributed by atoms with Crippen molar-refractivity contribution in [2.75, 3.05) is 20.3 Å². The Kier molecular flexibility index (Phi) is 5.07. The van der Waals surface area contributed by atoms with Crippen LogP contribution in [0.3, 0.4) is 0 Å². The van der Waals surface area contributed by atoms with Gasteiger partial charge in [-0.15, -0.1) is 12.4 Å². The van der Waals surface area contributed by atoms with Gasteiger partial charge < -0.3 is 4.90 Å². The SMILES string of the molecule is CCCNN1C=CN(C)C1.Cl. The second kappa shape index (κ2) is 5.27. The molecule has 11 heavy (non-hydrogen) atoms. The molecule has 0 bridgehead atoms. The zero-order valence-electron chi connectivity index (χ0n) is 7.08. The van der Waals surface area contributed by atoms with Gasteiger partial charge >= 0.3 is 0 Å². The highest BCUT2D eigenvalue weighted by molar-refractivity contribution is 5.85. The average Bonchev–Trinajstić information content (AvgIpc) is 2.31. The lowest BCUT2D eigenvalue weighted by Gasteiger charge is -2.18. The Bertz CT molecular complexity index is 127. The minimum Gasteiger partial charge on any atom is -0.360 e. The van der Waals surface area contributed by atoms with Crippen LogP contribution in [0.25, 0.3) is 0 Å². The summed E-state index contributed by atoms with van der Waals surface area (Å²) in [7, 11) is 2.06. The van der Waals surface area contributed by atoms with Crippen LogP contribution in [0.5, 0.6) is 0 Å². The lowest BCUT2D eigenvalue weighted by atomic mass is 10.5. The van der Waals surface area contributed by atoms with Gasteiger partial charge in [-0.1, -0.05) is 6.92 Å². The molecule has 0 unspecified atom stereocenters. The molecule has 0 aromatic carbocycles. The van der Waals surface area contributed by atoms with Crippen LogP contribution in [0.1, 0.15) is 13.3 Å². The molecule has 0 fully saturated rings. The Hall–Kier alpha value is -0.410. The Labute approximate surface area is 74.4 Å². The predicted octanol–water partition coefficient (Wildman–Crippen LogP) is 0.999. The molecule has 0 aliphatic carbocycles. The van der Waals surface area contributed by atoms with E-state index in [1.54, 1.807) is 0 Å². The van der Waals surface area contributed by atoms with Gasteiger partial charge in [0, 0.05) is 26.0 Å². The molecule has 1 rings (SSSR count). The van der Waals surface area contributed by atoms with E-state index in [0.717, 1.165) is 13.2 Å². The van der Waals surface area contributed by atoms with Gasteiger partial charge in [0.05, 0.1) is 0 Å². The fourth-order valence-corrected chi connectivity index (χ4v) is 0.887. The van der Waals surface area contributed by atoms with Gasteiger partial charge in [-0.25, -0.2) is 5.43 Å². The highest BCUT2D eigenvalue weighted by atomic mass is 35.5. The van der Waals surface area contributed by atoms with E-state index in [-0.39, 0.29) is 12.4 Å². The van der Waals surface area contributed by atoms with Crippen molar-refractivity contribution >= 4 is 12.4 Å². The van der Waals surface area contributed by atoms with Gasteiger partial charge in [0.25, 0.3) is 0 Å². The third kappa shape index (κ3) is 3.49. The lowest BCUT2D eigenvalue weighted by molar-refractivity contribution is 0.224. The summed E-state index contributed by atoms with van der Waals surface area (Å²) in [4.78, 5) is 2.13. The quantitative estimate of drug-likeness (QED) is 0.694. The molecule has 0 atom stereocenters. The lowest BCUT2D eigenvalue weighted by Crippen LogP contribution is -2.35. The van der Waals surface area contributed by atoms with Gasteiger partial charge in [-0.2, -0.15) is 0 Å². The number of rotatable bonds is 3. The first-order valence-electron chi connectivity index (χ1n) is 3.71. The number of hydrogen-bond donors (Lipinski definition) is 1. The first kappa shape index (κ1) is 10.6. The van der Waals surface area contributed by atoms with E-state index in [9.17, 15) is 0 Å². The first-order valence-corrected chi connectivity index (χ1v) is 3.71. The van der Waals surface area contributed by atoms with Gasteiger partial charge in [0.15, 0.2) is 0 Å². The van der Waals surface area contributed by atoms with Crippen molar-refractivity contribution in [3.05, 3.63) is 12.4 Å². The average molecular weight is 178 g/mol. The Morgan fingerprint density at radius 2 is 2.18 bits per heavy atom. The van der Waals surface area contributed by atoms with Crippen molar-refractivity contribution in [2.24, 2.45) is 0 Å². The molecule has 0 amide bonds. The van der Waals surface area contributed by atoms with Gasteiger partial charge in [-0.05, 0) is 6.42 Å². The van der Waals surface area contributed by atoms with Crippen molar-refractivity contribution in [1.82, 2.24) is 15.3 Å². The molecule has 1 aliphatic heterocycles. The predicted molar refractivity (Wildman–Crippen MR) is 49.2 cm³/mol.